The summed E-state index contributed by atoms with van der Waals surface area (Å²) in [5.74, 6) is 0.845. The van der Waals surface area contributed by atoms with Crippen LogP contribution in [-0.4, -0.2) is 37.3 Å². The molecule has 0 aliphatic carbocycles. The Kier molecular flexibility index (Phi) is 11.8. The summed E-state index contributed by atoms with van der Waals surface area (Å²) in [6, 6.07) is 55.3. The van der Waals surface area contributed by atoms with Gasteiger partial charge in [-0.1, -0.05) is 146 Å². The Morgan fingerprint density at radius 2 is 0.917 bits per heavy atom. The molecule has 1 aromatic heterocycles. The first-order valence-corrected chi connectivity index (χ1v) is 16.6. The van der Waals surface area contributed by atoms with Crippen molar-refractivity contribution < 1.29 is 14.1 Å². The first-order chi connectivity index (χ1) is 23.6. The predicted molar refractivity (Wildman–Crippen MR) is 202 cm³/mol. The second-order valence-corrected chi connectivity index (χ2v) is 11.6. The number of nitrogens with zero attached hydrogens (tertiary/aromatic N) is 2. The van der Waals surface area contributed by atoms with Crippen molar-refractivity contribution >= 4 is 46.2 Å². The van der Waals surface area contributed by atoms with Crippen LogP contribution in [0.1, 0.15) is 25.0 Å². The van der Waals surface area contributed by atoms with Crippen LogP contribution in [-0.2, 0) is 0 Å². The topological polar surface area (TPSA) is 33.4 Å². The van der Waals surface area contributed by atoms with Crippen molar-refractivity contribution in [3.05, 3.63) is 181 Å². The molecule has 0 aliphatic heterocycles. The van der Waals surface area contributed by atoms with Crippen LogP contribution in [0.4, 0.5) is 4.79 Å². The van der Waals surface area contributed by atoms with Crippen LogP contribution in [0, 0.1) is 0 Å². The van der Waals surface area contributed by atoms with Crippen LogP contribution in [0.25, 0.3) is 12.2 Å². The number of hydrogen-bond acceptors (Lipinski definition) is 2. The molecule has 0 atom stereocenters. The van der Waals surface area contributed by atoms with Gasteiger partial charge in [0.05, 0.1) is 32.6 Å². The quantitative estimate of drug-likeness (QED) is 0.135. The molecule has 240 valence electrons. The van der Waals surface area contributed by atoms with E-state index in [0.29, 0.717) is 13.1 Å². The van der Waals surface area contributed by atoms with Gasteiger partial charge >= 0.3 is 6.03 Å². The molecule has 1 amide bonds. The van der Waals surface area contributed by atoms with Crippen molar-refractivity contribution in [1.29, 1.82) is 0 Å². The maximum atomic E-state index is 12.2. The maximum Gasteiger partial charge on any atom is 0.497 e. The second-order valence-electron chi connectivity index (χ2n) is 11.6. The van der Waals surface area contributed by atoms with Crippen LogP contribution in [0.3, 0.4) is 0 Å². The van der Waals surface area contributed by atoms with Crippen molar-refractivity contribution in [2.24, 2.45) is 0 Å². The van der Waals surface area contributed by atoms with Gasteiger partial charge in [0.15, 0.2) is 0 Å². The Morgan fingerprint density at radius 1 is 0.562 bits per heavy atom. The number of carbonyl (C=O) groups is 1. The van der Waals surface area contributed by atoms with Crippen molar-refractivity contribution in [1.82, 2.24) is 4.90 Å². The Morgan fingerprint density at radius 3 is 1.25 bits per heavy atom. The van der Waals surface area contributed by atoms with E-state index < -0.39 is 6.15 Å². The number of hydrogen-bond donors (Lipinski definition) is 0. The molecule has 4 nitrogen and oxygen atoms in total. The molecular weight excluding hydrogens is 587 g/mol. The molecule has 0 unspecified atom stereocenters. The molecule has 48 heavy (non-hydrogen) atoms. The SMILES string of the molecule is CCN(CC)C(=O)[n+]1ccc(/C=C\c2ccc(OC)cc2)cc1.c1ccc([B-](c2ccccc2)(c2ccccc2)c2ccccc2)cc1. The highest BCUT2D eigenvalue weighted by molar-refractivity contribution is 7.19. The molecule has 0 saturated carbocycles. The van der Waals surface area contributed by atoms with E-state index in [1.54, 1.807) is 29.0 Å². The molecule has 0 aliphatic rings. The highest BCUT2D eigenvalue weighted by atomic mass is 16.5. The zero-order valence-corrected chi connectivity index (χ0v) is 28.0. The van der Waals surface area contributed by atoms with Gasteiger partial charge in [0.2, 0.25) is 0 Å². The highest BCUT2D eigenvalue weighted by Gasteiger charge is 2.31. The summed E-state index contributed by atoms with van der Waals surface area (Å²) in [6.45, 7) is 5.38. The minimum Gasteiger partial charge on any atom is -0.497 e. The zero-order valence-electron chi connectivity index (χ0n) is 28.0. The normalized spacial score (nSPS) is 11.0. The van der Waals surface area contributed by atoms with Gasteiger partial charge < -0.3 is 4.74 Å². The van der Waals surface area contributed by atoms with Gasteiger partial charge in [-0.15, -0.1) is 0 Å². The van der Waals surface area contributed by atoms with E-state index in [-0.39, 0.29) is 6.03 Å². The van der Waals surface area contributed by atoms with Crippen molar-refractivity contribution in [3.8, 4) is 5.75 Å². The van der Waals surface area contributed by atoms with Gasteiger partial charge in [0, 0.05) is 0 Å². The minimum atomic E-state index is -1.22. The molecular formula is C43H43BN2O2. The number of benzene rings is 5. The molecule has 5 heteroatoms. The number of carbonyl (C=O) groups excluding carboxylic acids is 1. The number of amides is 1. The molecule has 6 aromatic rings. The summed E-state index contributed by atoms with van der Waals surface area (Å²) < 4.78 is 6.75. The van der Waals surface area contributed by atoms with Crippen LogP contribution in [0.15, 0.2) is 170 Å². The number of rotatable bonds is 9. The smallest absolute Gasteiger partial charge is 0.497 e. The summed E-state index contributed by atoms with van der Waals surface area (Å²) >= 11 is 0. The summed E-state index contributed by atoms with van der Waals surface area (Å²) in [5.41, 5.74) is 7.50. The molecule has 1 heterocycles. The van der Waals surface area contributed by atoms with E-state index in [4.69, 9.17) is 4.74 Å². The average Bonchev–Trinajstić information content (AvgIpc) is 3.17. The fourth-order valence-corrected chi connectivity index (χ4v) is 6.36. The van der Waals surface area contributed by atoms with Crippen molar-refractivity contribution in [3.63, 3.8) is 0 Å². The van der Waals surface area contributed by atoms with Gasteiger partial charge in [-0.25, -0.2) is 4.90 Å². The van der Waals surface area contributed by atoms with E-state index in [2.05, 4.69) is 121 Å². The summed E-state index contributed by atoms with van der Waals surface area (Å²) in [6.07, 6.45) is 6.44. The number of aromatic nitrogens is 1. The molecule has 0 N–H and O–H groups in total. The van der Waals surface area contributed by atoms with E-state index in [9.17, 15) is 4.79 Å². The molecule has 0 bridgehead atoms. The third kappa shape index (κ3) is 7.82. The van der Waals surface area contributed by atoms with Crippen molar-refractivity contribution in [2.45, 2.75) is 13.8 Å². The summed E-state index contributed by atoms with van der Waals surface area (Å²) in [5, 5.41) is 0. The number of methoxy groups -OCH3 is 1. The first-order valence-electron chi connectivity index (χ1n) is 16.6. The lowest BCUT2D eigenvalue weighted by Gasteiger charge is -2.44. The number of pyridine rings is 1. The van der Waals surface area contributed by atoms with Crippen molar-refractivity contribution in [2.75, 3.05) is 20.2 Å². The standard InChI is InChI=1S/C24H20B.C19H23N2O2/c1-5-13-21(14-6-1)25(22-15-7-2-8-16-22,23-17-9-3-10-18-23)24-19-11-4-12-20-24;1-4-20(5-2)19(22)21-14-12-17(13-15-21)7-6-16-8-10-18(23-3)11-9-16/h1-20H;6-15H,4-5H2,1-3H3/q-1;+1/b;7-6-. The zero-order chi connectivity index (χ0) is 33.6. The fourth-order valence-electron chi connectivity index (χ4n) is 6.36. The third-order valence-corrected chi connectivity index (χ3v) is 8.89. The molecule has 0 radical (unpaired) electrons. The monoisotopic (exact) mass is 630 g/mol. The third-order valence-electron chi connectivity index (χ3n) is 8.89. The van der Waals surface area contributed by atoms with Crippen LogP contribution < -0.4 is 31.2 Å². The Balaban J connectivity index is 0.000000189. The van der Waals surface area contributed by atoms with E-state index in [0.717, 1.165) is 16.9 Å². The number of ether oxygens (including phenoxy) is 1. The lowest BCUT2D eigenvalue weighted by atomic mass is 9.13. The Labute approximate surface area is 285 Å². The summed E-state index contributed by atoms with van der Waals surface area (Å²) in [7, 11) is 1.66. The van der Waals surface area contributed by atoms with Gasteiger partial charge in [-0.2, -0.15) is 31.2 Å². The first kappa shape index (κ1) is 33.7. The largest absolute Gasteiger partial charge is 0.497 e. The van der Waals surface area contributed by atoms with E-state index in [1.807, 2.05) is 62.4 Å². The van der Waals surface area contributed by atoms with Crippen LogP contribution in [0.5, 0.6) is 5.75 Å². The summed E-state index contributed by atoms with van der Waals surface area (Å²) in [4.78, 5) is 14.0. The minimum absolute atomic E-state index is 0.000633. The fraction of sp³-hybridized carbons (Fsp3) is 0.116. The average molecular weight is 631 g/mol. The molecule has 5 aromatic carbocycles. The molecule has 6 rings (SSSR count). The van der Waals surface area contributed by atoms with Gasteiger partial charge in [-0.3, -0.25) is 0 Å². The second kappa shape index (κ2) is 16.8. The van der Waals surface area contributed by atoms with Crippen LogP contribution >= 0.6 is 0 Å². The van der Waals surface area contributed by atoms with Gasteiger partial charge in [0.1, 0.15) is 11.9 Å². The lowest BCUT2D eigenvalue weighted by molar-refractivity contribution is -0.578. The maximum absolute atomic E-state index is 12.2. The van der Waals surface area contributed by atoms with E-state index >= 15 is 0 Å². The Bertz CT molecular complexity index is 1690. The van der Waals surface area contributed by atoms with Gasteiger partial charge in [0.25, 0.3) is 0 Å². The van der Waals surface area contributed by atoms with Gasteiger partial charge in [-0.05, 0) is 49.2 Å². The molecule has 0 spiro atoms. The molecule has 0 fully saturated rings. The van der Waals surface area contributed by atoms with Crippen LogP contribution in [0.2, 0.25) is 0 Å². The lowest BCUT2D eigenvalue weighted by Crippen LogP contribution is -2.74. The van der Waals surface area contributed by atoms with E-state index in [1.165, 1.54) is 21.9 Å². The predicted octanol–water partition coefficient (Wildman–Crippen LogP) is 6.53. The molecule has 0 saturated heterocycles. The highest BCUT2D eigenvalue weighted by Crippen LogP contribution is 2.14. The Hall–Kier alpha value is -5.68.